The van der Waals surface area contributed by atoms with Gasteiger partial charge in [0.25, 0.3) is 0 Å². The van der Waals surface area contributed by atoms with Crippen LogP contribution in [0.5, 0.6) is 0 Å². The van der Waals surface area contributed by atoms with Gasteiger partial charge in [-0.25, -0.2) is 0 Å². The van der Waals surface area contributed by atoms with E-state index in [4.69, 9.17) is 0 Å². The first-order valence-electron chi connectivity index (χ1n) is 7.54. The van der Waals surface area contributed by atoms with Crippen LogP contribution in [0.1, 0.15) is 20.3 Å². The zero-order valence-corrected chi connectivity index (χ0v) is 12.4. The van der Waals surface area contributed by atoms with E-state index in [9.17, 15) is 0 Å². The summed E-state index contributed by atoms with van der Waals surface area (Å²) in [6.45, 7) is 14.4. The molecule has 0 aliphatic carbocycles. The third-order valence-electron chi connectivity index (χ3n) is 4.53. The quantitative estimate of drug-likeness (QED) is 0.779. The zero-order chi connectivity index (χ0) is 13.0. The smallest absolute Gasteiger partial charge is 0.0232 e. The van der Waals surface area contributed by atoms with E-state index >= 15 is 0 Å². The van der Waals surface area contributed by atoms with Crippen molar-refractivity contribution in [2.24, 2.45) is 0 Å². The highest BCUT2D eigenvalue weighted by Gasteiger charge is 2.25. The molecule has 2 saturated heterocycles. The predicted octanol–water partition coefficient (Wildman–Crippen LogP) is 0.306. The number of rotatable bonds is 4. The number of nitrogens with one attached hydrogen (secondary N) is 1. The van der Waals surface area contributed by atoms with Crippen molar-refractivity contribution in [3.05, 3.63) is 0 Å². The van der Waals surface area contributed by atoms with Gasteiger partial charge in [0.2, 0.25) is 0 Å². The van der Waals surface area contributed by atoms with Gasteiger partial charge in [-0.1, -0.05) is 0 Å². The van der Waals surface area contributed by atoms with Gasteiger partial charge in [0.05, 0.1) is 0 Å². The van der Waals surface area contributed by atoms with Crippen LogP contribution >= 0.6 is 0 Å². The van der Waals surface area contributed by atoms with Crippen molar-refractivity contribution >= 4 is 0 Å². The van der Waals surface area contributed by atoms with E-state index in [2.05, 4.69) is 40.9 Å². The lowest BCUT2D eigenvalue weighted by Gasteiger charge is -2.42. The predicted molar refractivity (Wildman–Crippen MR) is 77.1 cm³/mol. The number of nitrogens with zero attached hydrogens (tertiary/aromatic N) is 3. The topological polar surface area (TPSA) is 21.8 Å². The fourth-order valence-corrected chi connectivity index (χ4v) is 3.02. The third kappa shape index (κ3) is 3.92. The van der Waals surface area contributed by atoms with Crippen LogP contribution < -0.4 is 5.32 Å². The van der Waals surface area contributed by atoms with Crippen LogP contribution in [0, 0.1) is 0 Å². The molecule has 0 amide bonds. The summed E-state index contributed by atoms with van der Waals surface area (Å²) in [4.78, 5) is 7.79. The molecule has 0 aromatic heterocycles. The second-order valence-corrected chi connectivity index (χ2v) is 6.10. The van der Waals surface area contributed by atoms with Crippen molar-refractivity contribution in [1.82, 2.24) is 20.0 Å². The minimum atomic E-state index is 0.695. The van der Waals surface area contributed by atoms with Gasteiger partial charge >= 0.3 is 0 Å². The van der Waals surface area contributed by atoms with Crippen molar-refractivity contribution < 1.29 is 0 Å². The Kier molecular flexibility index (Phi) is 5.42. The molecule has 2 aliphatic rings. The van der Waals surface area contributed by atoms with Crippen molar-refractivity contribution in [1.29, 1.82) is 0 Å². The molecule has 0 radical (unpaired) electrons. The largest absolute Gasteiger partial charge is 0.314 e. The average Bonchev–Trinajstić information content (AvgIpc) is 2.38. The average molecular weight is 254 g/mol. The summed E-state index contributed by atoms with van der Waals surface area (Å²) in [6.07, 6.45) is 1.32. The Morgan fingerprint density at radius 1 is 1.11 bits per heavy atom. The minimum absolute atomic E-state index is 0.695. The molecule has 2 rings (SSSR count). The highest BCUT2D eigenvalue weighted by atomic mass is 15.3. The van der Waals surface area contributed by atoms with Crippen LogP contribution in [0.4, 0.5) is 0 Å². The van der Waals surface area contributed by atoms with Gasteiger partial charge in [-0.3, -0.25) is 4.90 Å². The van der Waals surface area contributed by atoms with Gasteiger partial charge < -0.3 is 15.1 Å². The van der Waals surface area contributed by atoms with E-state index in [1.807, 2.05) is 0 Å². The molecular formula is C14H30N4. The van der Waals surface area contributed by atoms with Gasteiger partial charge in [-0.15, -0.1) is 0 Å². The van der Waals surface area contributed by atoms with Crippen LogP contribution in [0.2, 0.25) is 0 Å². The number of piperazine rings is 2. The summed E-state index contributed by atoms with van der Waals surface area (Å²) >= 11 is 0. The lowest BCUT2D eigenvalue weighted by atomic mass is 10.1. The minimum Gasteiger partial charge on any atom is -0.314 e. The van der Waals surface area contributed by atoms with Gasteiger partial charge in [-0.2, -0.15) is 0 Å². The second kappa shape index (κ2) is 6.85. The van der Waals surface area contributed by atoms with Crippen LogP contribution in [0.25, 0.3) is 0 Å². The first-order chi connectivity index (χ1) is 8.66. The van der Waals surface area contributed by atoms with E-state index in [0.717, 1.165) is 6.04 Å². The SMILES string of the molecule is CC(C)N1CCN(C)C(CCN2CCNCC2)C1. The summed E-state index contributed by atoms with van der Waals surface area (Å²) in [5.74, 6) is 0. The van der Waals surface area contributed by atoms with Gasteiger partial charge in [0.1, 0.15) is 0 Å². The number of hydrogen-bond acceptors (Lipinski definition) is 4. The standard InChI is InChI=1S/C14H30N4/c1-13(2)18-11-10-16(3)14(12-18)4-7-17-8-5-15-6-9-17/h13-15H,4-12H2,1-3H3. The van der Waals surface area contributed by atoms with Crippen molar-refractivity contribution in [3.8, 4) is 0 Å². The molecule has 0 spiro atoms. The summed E-state index contributed by atoms with van der Waals surface area (Å²) in [5.41, 5.74) is 0. The second-order valence-electron chi connectivity index (χ2n) is 6.10. The van der Waals surface area contributed by atoms with E-state index < -0.39 is 0 Å². The molecule has 0 saturated carbocycles. The Labute approximate surface area is 112 Å². The summed E-state index contributed by atoms with van der Waals surface area (Å²) in [5, 5.41) is 3.42. The fraction of sp³-hybridized carbons (Fsp3) is 1.00. The number of likely N-dealkylation sites (N-methyl/N-ethyl adjacent to an activating group) is 1. The summed E-state index contributed by atoms with van der Waals surface area (Å²) < 4.78 is 0. The maximum atomic E-state index is 3.42. The van der Waals surface area contributed by atoms with Crippen LogP contribution in [0.3, 0.4) is 0 Å². The summed E-state index contributed by atoms with van der Waals surface area (Å²) in [6, 6.07) is 1.44. The van der Waals surface area contributed by atoms with Gasteiger partial charge in [0, 0.05) is 57.9 Å². The Bertz CT molecular complexity index is 238. The van der Waals surface area contributed by atoms with Crippen LogP contribution in [-0.4, -0.2) is 86.2 Å². The molecule has 1 atom stereocenters. The van der Waals surface area contributed by atoms with E-state index in [1.54, 1.807) is 0 Å². The lowest BCUT2D eigenvalue weighted by Crippen LogP contribution is -2.54. The Morgan fingerprint density at radius 3 is 2.50 bits per heavy atom. The molecule has 2 heterocycles. The molecule has 2 fully saturated rings. The molecule has 1 N–H and O–H groups in total. The van der Waals surface area contributed by atoms with Gasteiger partial charge in [-0.05, 0) is 33.9 Å². The van der Waals surface area contributed by atoms with E-state index in [-0.39, 0.29) is 0 Å². The third-order valence-corrected chi connectivity index (χ3v) is 4.53. The van der Waals surface area contributed by atoms with Crippen molar-refractivity contribution in [3.63, 3.8) is 0 Å². The van der Waals surface area contributed by atoms with E-state index in [0.29, 0.717) is 6.04 Å². The fourth-order valence-electron chi connectivity index (χ4n) is 3.02. The molecule has 1 unspecified atom stereocenters. The van der Waals surface area contributed by atoms with Gasteiger partial charge in [0.15, 0.2) is 0 Å². The normalized spacial score (nSPS) is 29.0. The molecule has 0 bridgehead atoms. The molecular weight excluding hydrogens is 224 g/mol. The van der Waals surface area contributed by atoms with Crippen LogP contribution in [-0.2, 0) is 0 Å². The highest BCUT2D eigenvalue weighted by molar-refractivity contribution is 4.83. The molecule has 4 nitrogen and oxygen atoms in total. The van der Waals surface area contributed by atoms with Crippen molar-refractivity contribution in [2.45, 2.75) is 32.4 Å². The highest BCUT2D eigenvalue weighted by Crippen LogP contribution is 2.14. The molecule has 2 aliphatic heterocycles. The molecule has 106 valence electrons. The monoisotopic (exact) mass is 254 g/mol. The molecule has 18 heavy (non-hydrogen) atoms. The first kappa shape index (κ1) is 14.3. The Morgan fingerprint density at radius 2 is 1.83 bits per heavy atom. The van der Waals surface area contributed by atoms with Crippen LogP contribution in [0.15, 0.2) is 0 Å². The Hall–Kier alpha value is -0.160. The Balaban J connectivity index is 1.75. The molecule has 0 aromatic rings. The maximum absolute atomic E-state index is 3.42. The maximum Gasteiger partial charge on any atom is 0.0232 e. The van der Waals surface area contributed by atoms with E-state index in [1.165, 1.54) is 58.8 Å². The molecule has 0 aromatic carbocycles. The zero-order valence-electron chi connectivity index (χ0n) is 12.4. The first-order valence-corrected chi connectivity index (χ1v) is 7.54. The number of hydrogen-bond donors (Lipinski definition) is 1. The molecule has 4 heteroatoms. The van der Waals surface area contributed by atoms with Crippen molar-refractivity contribution in [2.75, 3.05) is 59.4 Å². The summed E-state index contributed by atoms with van der Waals surface area (Å²) in [7, 11) is 2.29. The lowest BCUT2D eigenvalue weighted by molar-refractivity contribution is 0.0633.